The molecule has 1 unspecified atom stereocenters. The normalized spacial score (nSPS) is 12.4. The molecular weight excluding hydrogens is 375 g/mol. The molecular formula is C15H15BrClFN2S. The van der Waals surface area contributed by atoms with Gasteiger partial charge in [0.2, 0.25) is 0 Å². The van der Waals surface area contributed by atoms with Gasteiger partial charge >= 0.3 is 0 Å². The molecule has 0 saturated heterocycles. The van der Waals surface area contributed by atoms with Crippen LogP contribution in [0, 0.1) is 5.82 Å². The summed E-state index contributed by atoms with van der Waals surface area (Å²) in [6.07, 6.45) is 0.531. The first-order valence-corrected chi connectivity index (χ1v) is 8.52. The van der Waals surface area contributed by atoms with Crippen molar-refractivity contribution in [2.45, 2.75) is 17.4 Å². The molecule has 2 nitrogen and oxygen atoms in total. The first-order valence-electron chi connectivity index (χ1n) is 6.37. The van der Waals surface area contributed by atoms with Crippen LogP contribution in [0.1, 0.15) is 5.56 Å². The molecule has 0 radical (unpaired) electrons. The fourth-order valence-electron chi connectivity index (χ4n) is 1.87. The maximum atomic E-state index is 13.8. The Bertz CT molecular complexity index is 612. The molecule has 0 aliphatic heterocycles. The lowest BCUT2D eigenvalue weighted by atomic mass is 10.1. The lowest BCUT2D eigenvalue weighted by Gasteiger charge is -2.16. The lowest BCUT2D eigenvalue weighted by Crippen LogP contribution is -2.38. The van der Waals surface area contributed by atoms with Crippen LogP contribution in [0.3, 0.4) is 0 Å². The highest BCUT2D eigenvalue weighted by molar-refractivity contribution is 9.10. The molecule has 1 atom stereocenters. The largest absolute Gasteiger partial charge is 0.271 e. The molecule has 0 saturated carbocycles. The number of rotatable bonds is 6. The molecule has 6 heteroatoms. The fraction of sp³-hybridized carbons (Fsp3) is 0.200. The van der Waals surface area contributed by atoms with Crippen molar-refractivity contribution in [2.24, 2.45) is 5.84 Å². The molecule has 112 valence electrons. The number of hydrogen-bond donors (Lipinski definition) is 2. The van der Waals surface area contributed by atoms with Crippen LogP contribution in [0.15, 0.2) is 51.8 Å². The number of halogens is 3. The number of benzene rings is 2. The zero-order valence-corrected chi connectivity index (χ0v) is 14.3. The third kappa shape index (κ3) is 5.27. The van der Waals surface area contributed by atoms with Gasteiger partial charge in [-0.2, -0.15) is 0 Å². The molecule has 2 aromatic carbocycles. The topological polar surface area (TPSA) is 38.0 Å². The molecule has 0 aliphatic rings. The summed E-state index contributed by atoms with van der Waals surface area (Å²) in [4.78, 5) is 1.07. The van der Waals surface area contributed by atoms with Crippen molar-refractivity contribution in [2.75, 3.05) is 5.75 Å². The second-order valence-corrected chi connectivity index (χ2v) is 7.02. The predicted octanol–water partition coefficient (Wildman–Crippen LogP) is 4.41. The number of hydrogen-bond acceptors (Lipinski definition) is 3. The van der Waals surface area contributed by atoms with Crippen LogP contribution in [0.5, 0.6) is 0 Å². The molecule has 0 aliphatic carbocycles. The van der Waals surface area contributed by atoms with E-state index in [-0.39, 0.29) is 11.9 Å². The van der Waals surface area contributed by atoms with E-state index in [0.717, 1.165) is 15.1 Å². The highest BCUT2D eigenvalue weighted by atomic mass is 79.9. The van der Waals surface area contributed by atoms with Crippen LogP contribution >= 0.6 is 39.3 Å². The SMILES string of the molecule is NNC(CSc1cccc(Cl)c1)Cc1ccc(Br)cc1F. The van der Waals surface area contributed by atoms with Gasteiger partial charge in [-0.15, -0.1) is 11.8 Å². The summed E-state index contributed by atoms with van der Waals surface area (Å²) in [5.41, 5.74) is 3.39. The Balaban J connectivity index is 1.97. The van der Waals surface area contributed by atoms with E-state index >= 15 is 0 Å². The summed E-state index contributed by atoms with van der Waals surface area (Å²) in [7, 11) is 0. The van der Waals surface area contributed by atoms with Crippen molar-refractivity contribution in [1.29, 1.82) is 0 Å². The molecule has 0 bridgehead atoms. The monoisotopic (exact) mass is 388 g/mol. The number of thioether (sulfide) groups is 1. The average Bonchev–Trinajstić information content (AvgIpc) is 2.45. The van der Waals surface area contributed by atoms with Crippen LogP contribution in [0.4, 0.5) is 4.39 Å². The number of nitrogens with one attached hydrogen (secondary N) is 1. The van der Waals surface area contributed by atoms with E-state index in [2.05, 4.69) is 21.4 Å². The van der Waals surface area contributed by atoms with Gasteiger partial charge in [-0.25, -0.2) is 4.39 Å². The van der Waals surface area contributed by atoms with Gasteiger partial charge < -0.3 is 0 Å². The van der Waals surface area contributed by atoms with E-state index in [1.165, 1.54) is 6.07 Å². The fourth-order valence-corrected chi connectivity index (χ4v) is 3.45. The van der Waals surface area contributed by atoms with Crippen molar-refractivity contribution in [3.8, 4) is 0 Å². The van der Waals surface area contributed by atoms with Gasteiger partial charge in [-0.05, 0) is 42.3 Å². The highest BCUT2D eigenvalue weighted by Gasteiger charge is 2.12. The minimum atomic E-state index is -0.225. The van der Waals surface area contributed by atoms with Crippen LogP contribution in [-0.4, -0.2) is 11.8 Å². The van der Waals surface area contributed by atoms with Crippen LogP contribution in [0.2, 0.25) is 5.02 Å². The second kappa shape index (κ2) is 8.15. The van der Waals surface area contributed by atoms with Gasteiger partial charge in [-0.1, -0.05) is 39.7 Å². The van der Waals surface area contributed by atoms with Crippen molar-refractivity contribution in [3.63, 3.8) is 0 Å². The maximum Gasteiger partial charge on any atom is 0.127 e. The minimum Gasteiger partial charge on any atom is -0.271 e. The van der Waals surface area contributed by atoms with Gasteiger partial charge in [0.15, 0.2) is 0 Å². The molecule has 0 heterocycles. The standard InChI is InChI=1S/C15H15BrClFN2S/c16-11-5-4-10(15(18)7-11)6-13(20-19)9-21-14-3-1-2-12(17)8-14/h1-5,7-8,13,20H,6,9,19H2. The summed E-state index contributed by atoms with van der Waals surface area (Å²) < 4.78 is 14.6. The molecule has 0 amide bonds. The number of nitrogens with two attached hydrogens (primary N) is 1. The first-order chi connectivity index (χ1) is 10.1. The van der Waals surface area contributed by atoms with Gasteiger partial charge in [0, 0.05) is 26.2 Å². The predicted molar refractivity (Wildman–Crippen MR) is 91.1 cm³/mol. The summed E-state index contributed by atoms with van der Waals surface area (Å²) in [6.45, 7) is 0. The Morgan fingerprint density at radius 1 is 1.29 bits per heavy atom. The molecule has 0 aromatic heterocycles. The van der Waals surface area contributed by atoms with E-state index < -0.39 is 0 Å². The van der Waals surface area contributed by atoms with E-state index in [4.69, 9.17) is 17.4 Å². The maximum absolute atomic E-state index is 13.8. The van der Waals surface area contributed by atoms with Crippen LogP contribution in [0.25, 0.3) is 0 Å². The summed E-state index contributed by atoms with van der Waals surface area (Å²) >= 11 is 10.8. The molecule has 0 spiro atoms. The molecule has 21 heavy (non-hydrogen) atoms. The van der Waals surface area contributed by atoms with Crippen molar-refractivity contribution in [3.05, 3.63) is 63.3 Å². The third-order valence-electron chi connectivity index (χ3n) is 2.96. The molecule has 0 fully saturated rings. The van der Waals surface area contributed by atoms with Crippen molar-refractivity contribution in [1.82, 2.24) is 5.43 Å². The Labute approximate surface area is 141 Å². The third-order valence-corrected chi connectivity index (χ3v) is 4.85. The zero-order valence-electron chi connectivity index (χ0n) is 11.2. The Hall–Kier alpha value is -0.590. The van der Waals surface area contributed by atoms with Gasteiger partial charge in [-0.3, -0.25) is 11.3 Å². The van der Waals surface area contributed by atoms with Gasteiger partial charge in [0.1, 0.15) is 5.82 Å². The summed E-state index contributed by atoms with van der Waals surface area (Å²) in [5.74, 6) is 6.08. The Kier molecular flexibility index (Phi) is 6.51. The van der Waals surface area contributed by atoms with Crippen LogP contribution < -0.4 is 11.3 Å². The molecule has 2 rings (SSSR count). The Morgan fingerprint density at radius 2 is 2.10 bits per heavy atom. The van der Waals surface area contributed by atoms with Gasteiger partial charge in [0.25, 0.3) is 0 Å². The average molecular weight is 390 g/mol. The minimum absolute atomic E-state index is 0.0235. The second-order valence-electron chi connectivity index (χ2n) is 4.57. The summed E-state index contributed by atoms with van der Waals surface area (Å²) in [6, 6.07) is 12.7. The van der Waals surface area contributed by atoms with E-state index in [0.29, 0.717) is 17.0 Å². The van der Waals surface area contributed by atoms with Crippen molar-refractivity contribution < 1.29 is 4.39 Å². The van der Waals surface area contributed by atoms with Crippen LogP contribution in [-0.2, 0) is 6.42 Å². The molecule has 2 aromatic rings. The van der Waals surface area contributed by atoms with Crippen molar-refractivity contribution >= 4 is 39.3 Å². The lowest BCUT2D eigenvalue weighted by molar-refractivity contribution is 0.546. The quantitative estimate of drug-likeness (QED) is 0.437. The molecule has 3 N–H and O–H groups in total. The highest BCUT2D eigenvalue weighted by Crippen LogP contribution is 2.23. The first kappa shape index (κ1) is 16.8. The Morgan fingerprint density at radius 3 is 2.76 bits per heavy atom. The van der Waals surface area contributed by atoms with E-state index in [1.807, 2.05) is 30.3 Å². The van der Waals surface area contributed by atoms with E-state index in [9.17, 15) is 4.39 Å². The zero-order chi connectivity index (χ0) is 15.2. The number of hydrazine groups is 1. The van der Waals surface area contributed by atoms with Gasteiger partial charge in [0.05, 0.1) is 0 Å². The van der Waals surface area contributed by atoms with E-state index in [1.54, 1.807) is 17.8 Å². The summed E-state index contributed by atoms with van der Waals surface area (Å²) in [5, 5.41) is 0.705. The smallest absolute Gasteiger partial charge is 0.127 e.